The van der Waals surface area contributed by atoms with Crippen molar-refractivity contribution in [1.82, 2.24) is 19.9 Å². The van der Waals surface area contributed by atoms with Gasteiger partial charge in [-0.15, -0.1) is 5.10 Å². The minimum atomic E-state index is -1.98. The number of benzene rings is 3. The summed E-state index contributed by atoms with van der Waals surface area (Å²) in [5.41, 5.74) is 8.06. The second-order valence-electron chi connectivity index (χ2n) is 13.7. The number of carbonyl (C=O) groups excluding carboxylic acids is 2. The number of fused-ring (bicyclic) bond motifs is 1. The summed E-state index contributed by atoms with van der Waals surface area (Å²) in [5.74, 6) is -0.563. The number of amides is 2. The summed E-state index contributed by atoms with van der Waals surface area (Å²) in [6.07, 6.45) is 0.0819. The van der Waals surface area contributed by atoms with Crippen LogP contribution in [0.15, 0.2) is 60.7 Å². The number of carbonyl (C=O) groups is 2. The number of nitrogens with zero attached hydrogens (tertiary/aromatic N) is 4. The van der Waals surface area contributed by atoms with Crippen molar-refractivity contribution in [2.45, 2.75) is 97.6 Å². The molecule has 0 bridgehead atoms. The van der Waals surface area contributed by atoms with Gasteiger partial charge in [0.25, 0.3) is 0 Å². The Morgan fingerprint density at radius 2 is 1.82 bits per heavy atom. The quantitative estimate of drug-likeness (QED) is 0.168. The molecule has 4 aromatic rings. The maximum atomic E-state index is 14.1. The van der Waals surface area contributed by atoms with Crippen LogP contribution < -0.4 is 0 Å². The molecule has 0 aliphatic carbocycles. The van der Waals surface area contributed by atoms with Crippen molar-refractivity contribution in [2.24, 2.45) is 0 Å². The van der Waals surface area contributed by atoms with Crippen LogP contribution in [0.25, 0.3) is 11.0 Å². The lowest BCUT2D eigenvalue weighted by Gasteiger charge is -2.36. The first-order chi connectivity index (χ1) is 21.3. The first kappa shape index (κ1) is 32.6. The van der Waals surface area contributed by atoms with Crippen LogP contribution >= 0.6 is 0 Å². The summed E-state index contributed by atoms with van der Waals surface area (Å²) in [5, 5.41) is 8.93. The van der Waals surface area contributed by atoms with Crippen molar-refractivity contribution in [1.29, 1.82) is 0 Å². The van der Waals surface area contributed by atoms with Gasteiger partial charge >= 0.3 is 6.09 Å². The Balaban J connectivity index is 1.52. The van der Waals surface area contributed by atoms with Crippen molar-refractivity contribution < 1.29 is 18.8 Å². The van der Waals surface area contributed by atoms with E-state index in [0.717, 1.165) is 44.4 Å². The Bertz CT molecular complexity index is 1690. The average molecular weight is 627 g/mol. The summed E-state index contributed by atoms with van der Waals surface area (Å²) >= 11 is 0. The number of aryl methyl sites for hydroxylation is 3. The predicted octanol–water partition coefficient (Wildman–Crippen LogP) is 7.70. The molecule has 1 saturated heterocycles. The van der Waals surface area contributed by atoms with Crippen LogP contribution in [0.2, 0.25) is 18.1 Å². The van der Waals surface area contributed by atoms with Crippen LogP contribution in [0.3, 0.4) is 0 Å². The van der Waals surface area contributed by atoms with Crippen molar-refractivity contribution >= 4 is 31.4 Å². The molecule has 0 N–H and O–H groups in total. The molecule has 1 fully saturated rings. The summed E-state index contributed by atoms with van der Waals surface area (Å²) in [4.78, 5) is 28.4. The Kier molecular flexibility index (Phi) is 9.33. The van der Waals surface area contributed by atoms with Crippen LogP contribution in [0.4, 0.5) is 4.79 Å². The monoisotopic (exact) mass is 626 g/mol. The molecule has 0 saturated carbocycles. The van der Waals surface area contributed by atoms with Gasteiger partial charge < -0.3 is 9.16 Å². The van der Waals surface area contributed by atoms with Gasteiger partial charge in [-0.3, -0.25) is 4.79 Å². The number of hydrogen-bond donors (Lipinski definition) is 0. The first-order valence-corrected chi connectivity index (χ1v) is 18.8. The maximum Gasteiger partial charge on any atom is 0.416 e. The van der Waals surface area contributed by atoms with E-state index < -0.39 is 14.4 Å². The van der Waals surface area contributed by atoms with Crippen molar-refractivity contribution in [3.05, 3.63) is 94.0 Å². The Hall–Kier alpha value is -3.82. The van der Waals surface area contributed by atoms with E-state index in [1.807, 2.05) is 54.9 Å². The lowest BCUT2D eigenvalue weighted by Crippen LogP contribution is -2.41. The molecule has 3 aromatic carbocycles. The molecule has 1 aliphatic heterocycles. The van der Waals surface area contributed by atoms with Gasteiger partial charge in [-0.25, -0.2) is 14.4 Å². The maximum absolute atomic E-state index is 14.1. The van der Waals surface area contributed by atoms with E-state index in [0.29, 0.717) is 19.6 Å². The highest BCUT2D eigenvalue weighted by Gasteiger charge is 2.40. The Labute approximate surface area is 267 Å². The highest BCUT2D eigenvalue weighted by atomic mass is 28.4. The molecule has 2 atom stereocenters. The summed E-state index contributed by atoms with van der Waals surface area (Å²) in [7, 11) is -1.98. The standard InChI is InChI=1S/C36H46N4O4Si/c1-9-39-32-18-17-30(25(3)34(32)37-38-39)31(27-16-15-24(2)28(20-27)22-44-45(7,8)36(4,5)6)21-33(41)40-29(23-43-35(40)42)19-26-13-11-10-12-14-26/h10-18,20,29,31H,9,19,21-23H2,1-8H3/t29-,31?/m0/s1. The highest BCUT2D eigenvalue weighted by Crippen LogP contribution is 2.39. The molecule has 1 aromatic heterocycles. The van der Waals surface area contributed by atoms with Crippen LogP contribution in [0, 0.1) is 13.8 Å². The first-order valence-electron chi connectivity index (χ1n) is 15.9. The topological polar surface area (TPSA) is 86.6 Å². The zero-order chi connectivity index (χ0) is 32.5. The van der Waals surface area contributed by atoms with Crippen LogP contribution in [0.5, 0.6) is 0 Å². The van der Waals surface area contributed by atoms with E-state index >= 15 is 0 Å². The average Bonchev–Trinajstić information content (AvgIpc) is 3.59. The van der Waals surface area contributed by atoms with E-state index in [9.17, 15) is 9.59 Å². The zero-order valence-corrected chi connectivity index (χ0v) is 28.9. The van der Waals surface area contributed by atoms with Crippen LogP contribution in [-0.4, -0.2) is 52.9 Å². The minimum Gasteiger partial charge on any atom is -0.447 e. The van der Waals surface area contributed by atoms with E-state index in [-0.39, 0.29) is 35.9 Å². The molecule has 5 rings (SSSR count). The number of aromatic nitrogens is 3. The molecular weight excluding hydrogens is 581 g/mol. The second-order valence-corrected chi connectivity index (χ2v) is 18.5. The normalized spacial score (nSPS) is 16.3. The number of rotatable bonds is 10. The van der Waals surface area contributed by atoms with E-state index in [1.54, 1.807) is 0 Å². The van der Waals surface area contributed by atoms with Crippen molar-refractivity contribution in [2.75, 3.05) is 6.61 Å². The molecule has 0 spiro atoms. The molecule has 8 nitrogen and oxygen atoms in total. The summed E-state index contributed by atoms with van der Waals surface area (Å²) < 4.78 is 13.9. The van der Waals surface area contributed by atoms with Gasteiger partial charge in [0.1, 0.15) is 12.1 Å². The fraction of sp³-hybridized carbons (Fsp3) is 0.444. The van der Waals surface area contributed by atoms with Crippen LogP contribution in [-0.2, 0) is 33.5 Å². The van der Waals surface area contributed by atoms with Crippen molar-refractivity contribution in [3.8, 4) is 0 Å². The molecule has 0 radical (unpaired) electrons. The SMILES string of the molecule is CCn1nnc2c(C)c(C(CC(=O)N3C(=O)OC[C@@H]3Cc3ccccc3)c3ccc(C)c(CO[Si](C)(C)C(C)(C)C)c3)ccc21. The van der Waals surface area contributed by atoms with Crippen LogP contribution in [0.1, 0.15) is 73.4 Å². The molecular formula is C36H46N4O4Si. The largest absolute Gasteiger partial charge is 0.447 e. The van der Waals surface area contributed by atoms with E-state index in [1.165, 1.54) is 4.90 Å². The third kappa shape index (κ3) is 6.74. The number of hydrogen-bond acceptors (Lipinski definition) is 6. The van der Waals surface area contributed by atoms with Crippen molar-refractivity contribution in [3.63, 3.8) is 0 Å². The third-order valence-electron chi connectivity index (χ3n) is 9.75. The third-order valence-corrected chi connectivity index (χ3v) is 14.2. The molecule has 1 aliphatic rings. The van der Waals surface area contributed by atoms with Gasteiger partial charge in [-0.05, 0) is 84.8 Å². The Morgan fingerprint density at radius 3 is 2.51 bits per heavy atom. The van der Waals surface area contributed by atoms with Gasteiger partial charge in [0.2, 0.25) is 5.91 Å². The predicted molar refractivity (Wildman–Crippen MR) is 180 cm³/mol. The van der Waals surface area contributed by atoms with Gasteiger partial charge in [-0.1, -0.05) is 80.6 Å². The van der Waals surface area contributed by atoms with Gasteiger partial charge in [-0.2, -0.15) is 0 Å². The smallest absolute Gasteiger partial charge is 0.416 e. The summed E-state index contributed by atoms with van der Waals surface area (Å²) in [6.45, 7) is 18.8. The molecule has 45 heavy (non-hydrogen) atoms. The highest BCUT2D eigenvalue weighted by molar-refractivity contribution is 6.74. The fourth-order valence-corrected chi connectivity index (χ4v) is 6.76. The fourth-order valence-electron chi connectivity index (χ4n) is 5.82. The molecule has 1 unspecified atom stereocenters. The lowest BCUT2D eigenvalue weighted by molar-refractivity contribution is -0.129. The van der Waals surface area contributed by atoms with E-state index in [4.69, 9.17) is 9.16 Å². The molecule has 9 heteroatoms. The zero-order valence-electron chi connectivity index (χ0n) is 27.9. The molecule has 2 amide bonds. The lowest BCUT2D eigenvalue weighted by atomic mass is 9.84. The number of cyclic esters (lactones) is 1. The number of ether oxygens (including phenoxy) is 1. The van der Waals surface area contributed by atoms with Gasteiger partial charge in [0.05, 0.1) is 18.2 Å². The minimum absolute atomic E-state index is 0.0938. The Morgan fingerprint density at radius 1 is 1.09 bits per heavy atom. The number of imide groups is 1. The molecule has 2 heterocycles. The molecule has 238 valence electrons. The van der Waals surface area contributed by atoms with Gasteiger partial charge in [0, 0.05) is 18.9 Å². The summed E-state index contributed by atoms with van der Waals surface area (Å²) in [6, 6.07) is 20.1. The van der Waals surface area contributed by atoms with E-state index in [2.05, 4.69) is 75.4 Å². The van der Waals surface area contributed by atoms with Gasteiger partial charge in [0.15, 0.2) is 8.32 Å². The second kappa shape index (κ2) is 12.9.